The first-order valence-electron chi connectivity index (χ1n) is 7.29. The molecule has 0 aromatic heterocycles. The number of piperidine rings is 1. The van der Waals surface area contributed by atoms with Gasteiger partial charge in [-0.05, 0) is 31.2 Å². The maximum Gasteiger partial charge on any atom is 0.304 e. The monoisotopic (exact) mass is 272 g/mol. The summed E-state index contributed by atoms with van der Waals surface area (Å²) in [5.41, 5.74) is 0. The van der Waals surface area contributed by atoms with Crippen molar-refractivity contribution in [1.29, 1.82) is 0 Å². The second kappa shape index (κ2) is 8.51. The van der Waals surface area contributed by atoms with Crippen LogP contribution in [0.1, 0.15) is 33.1 Å². The molecule has 2 atom stereocenters. The summed E-state index contributed by atoms with van der Waals surface area (Å²) in [5.74, 6) is 0.346. The number of carbonyl (C=O) groups is 1. The Balaban J connectivity index is 2.44. The van der Waals surface area contributed by atoms with Crippen molar-refractivity contribution in [3.63, 3.8) is 0 Å². The number of aliphatic hydroxyl groups excluding tert-OH is 1. The van der Waals surface area contributed by atoms with E-state index in [1.807, 2.05) is 0 Å². The molecule has 1 aliphatic rings. The molecule has 0 spiro atoms. The Hall–Kier alpha value is -0.650. The molecule has 1 saturated heterocycles. The number of carboxylic acids is 1. The van der Waals surface area contributed by atoms with Gasteiger partial charge in [-0.1, -0.05) is 13.8 Å². The number of nitrogens with one attached hydrogen (secondary N) is 1. The fourth-order valence-electron chi connectivity index (χ4n) is 2.68. The summed E-state index contributed by atoms with van der Waals surface area (Å²) in [4.78, 5) is 12.9. The third-order valence-corrected chi connectivity index (χ3v) is 3.61. The van der Waals surface area contributed by atoms with Gasteiger partial charge in [0.2, 0.25) is 0 Å². The van der Waals surface area contributed by atoms with Crippen molar-refractivity contribution in [2.75, 3.05) is 32.8 Å². The van der Waals surface area contributed by atoms with E-state index in [0.717, 1.165) is 32.5 Å². The van der Waals surface area contributed by atoms with E-state index < -0.39 is 5.97 Å². The number of nitrogens with zero attached hydrogens (tertiary/aromatic N) is 1. The average molecular weight is 272 g/mol. The molecule has 112 valence electrons. The first-order valence-corrected chi connectivity index (χ1v) is 7.29. The molecule has 3 N–H and O–H groups in total. The summed E-state index contributed by atoms with van der Waals surface area (Å²) in [6.07, 6.45) is 2.09. The van der Waals surface area contributed by atoms with Crippen LogP contribution < -0.4 is 5.32 Å². The Morgan fingerprint density at radius 3 is 2.74 bits per heavy atom. The Labute approximate surface area is 116 Å². The van der Waals surface area contributed by atoms with Crippen LogP contribution in [0.3, 0.4) is 0 Å². The Morgan fingerprint density at radius 2 is 2.16 bits per heavy atom. The number of hydrogen-bond donors (Lipinski definition) is 3. The van der Waals surface area contributed by atoms with Gasteiger partial charge in [0.1, 0.15) is 0 Å². The van der Waals surface area contributed by atoms with Crippen LogP contribution in [0.2, 0.25) is 0 Å². The van der Waals surface area contributed by atoms with E-state index in [1.54, 1.807) is 0 Å². The summed E-state index contributed by atoms with van der Waals surface area (Å²) in [6, 6.07) is 0.418. The number of aliphatic hydroxyl groups is 1. The fourth-order valence-corrected chi connectivity index (χ4v) is 2.68. The minimum atomic E-state index is -0.740. The summed E-state index contributed by atoms with van der Waals surface area (Å²) in [5, 5.41) is 21.4. The van der Waals surface area contributed by atoms with E-state index >= 15 is 0 Å². The number of aliphatic carboxylic acids is 1. The highest BCUT2D eigenvalue weighted by Gasteiger charge is 2.26. The van der Waals surface area contributed by atoms with Crippen LogP contribution in [-0.4, -0.2) is 59.9 Å². The molecule has 0 aliphatic carbocycles. The Morgan fingerprint density at radius 1 is 1.42 bits per heavy atom. The zero-order valence-corrected chi connectivity index (χ0v) is 12.1. The summed E-state index contributed by atoms with van der Waals surface area (Å²) in [7, 11) is 0. The highest BCUT2D eigenvalue weighted by atomic mass is 16.4. The van der Waals surface area contributed by atoms with Crippen LogP contribution in [0.5, 0.6) is 0 Å². The molecule has 5 nitrogen and oxygen atoms in total. The minimum absolute atomic E-state index is 0.197. The van der Waals surface area contributed by atoms with Crippen LogP contribution >= 0.6 is 0 Å². The second-order valence-electron chi connectivity index (χ2n) is 6.02. The van der Waals surface area contributed by atoms with Crippen molar-refractivity contribution >= 4 is 5.97 Å². The average Bonchev–Trinajstić information content (AvgIpc) is 2.34. The van der Waals surface area contributed by atoms with E-state index in [9.17, 15) is 4.79 Å². The molecular formula is C14H28N2O3. The number of carboxylic acid groups (broad SMARTS) is 1. The smallest absolute Gasteiger partial charge is 0.304 e. The van der Waals surface area contributed by atoms with Gasteiger partial charge in [0, 0.05) is 32.3 Å². The third-order valence-electron chi connectivity index (χ3n) is 3.61. The predicted molar refractivity (Wildman–Crippen MR) is 75.1 cm³/mol. The lowest BCUT2D eigenvalue weighted by Crippen LogP contribution is -2.50. The molecule has 19 heavy (non-hydrogen) atoms. The molecule has 0 bridgehead atoms. The lowest BCUT2D eigenvalue weighted by Gasteiger charge is -2.38. The van der Waals surface area contributed by atoms with E-state index in [-0.39, 0.29) is 13.0 Å². The van der Waals surface area contributed by atoms with Gasteiger partial charge >= 0.3 is 5.97 Å². The van der Waals surface area contributed by atoms with Crippen LogP contribution in [0.15, 0.2) is 0 Å². The fraction of sp³-hybridized carbons (Fsp3) is 0.929. The number of rotatable bonds is 8. The quantitative estimate of drug-likeness (QED) is 0.609. The highest BCUT2D eigenvalue weighted by Crippen LogP contribution is 2.20. The molecule has 0 saturated carbocycles. The van der Waals surface area contributed by atoms with Gasteiger partial charge in [0.25, 0.3) is 0 Å². The van der Waals surface area contributed by atoms with Crippen LogP contribution in [0.4, 0.5) is 0 Å². The van der Waals surface area contributed by atoms with Gasteiger partial charge in [0.15, 0.2) is 0 Å². The number of likely N-dealkylation sites (tertiary alicyclic amines) is 1. The largest absolute Gasteiger partial charge is 0.481 e. The molecule has 1 fully saturated rings. The standard InChI is InChI=1S/C14H28N2O3/c1-11(2)8-15-13-7-12(4-6-17)9-16(10-13)5-3-14(18)19/h11-13,15,17H,3-10H2,1-2H3,(H,18,19). The summed E-state index contributed by atoms with van der Waals surface area (Å²) >= 11 is 0. The molecular weight excluding hydrogens is 244 g/mol. The normalized spacial score (nSPS) is 24.8. The van der Waals surface area contributed by atoms with Crippen LogP contribution in [0.25, 0.3) is 0 Å². The van der Waals surface area contributed by atoms with Gasteiger partial charge in [-0.3, -0.25) is 4.79 Å². The molecule has 0 radical (unpaired) electrons. The molecule has 0 aromatic carbocycles. The van der Waals surface area contributed by atoms with Gasteiger partial charge in [-0.2, -0.15) is 0 Å². The van der Waals surface area contributed by atoms with Crippen molar-refractivity contribution in [1.82, 2.24) is 10.2 Å². The molecule has 0 aromatic rings. The van der Waals surface area contributed by atoms with Gasteiger partial charge in [-0.15, -0.1) is 0 Å². The Bertz CT molecular complexity index is 271. The maximum atomic E-state index is 10.7. The molecule has 1 rings (SSSR count). The van der Waals surface area contributed by atoms with Crippen molar-refractivity contribution < 1.29 is 15.0 Å². The summed E-state index contributed by atoms with van der Waals surface area (Å²) < 4.78 is 0. The van der Waals surface area contributed by atoms with E-state index in [1.165, 1.54) is 0 Å². The molecule has 5 heteroatoms. The van der Waals surface area contributed by atoms with Crippen molar-refractivity contribution in [3.8, 4) is 0 Å². The van der Waals surface area contributed by atoms with Crippen LogP contribution in [0, 0.1) is 11.8 Å². The predicted octanol–water partition coefficient (Wildman–Crippen LogP) is 0.780. The molecule has 2 unspecified atom stereocenters. The van der Waals surface area contributed by atoms with Gasteiger partial charge in [0.05, 0.1) is 6.42 Å². The lowest BCUT2D eigenvalue weighted by molar-refractivity contribution is -0.137. The van der Waals surface area contributed by atoms with E-state index in [4.69, 9.17) is 10.2 Å². The van der Waals surface area contributed by atoms with Crippen molar-refractivity contribution in [3.05, 3.63) is 0 Å². The first kappa shape index (κ1) is 16.4. The van der Waals surface area contributed by atoms with Crippen LogP contribution in [-0.2, 0) is 4.79 Å². The third kappa shape index (κ3) is 6.89. The van der Waals surface area contributed by atoms with E-state index in [0.29, 0.717) is 24.4 Å². The Kier molecular flexibility index (Phi) is 7.34. The van der Waals surface area contributed by atoms with Gasteiger partial charge in [-0.25, -0.2) is 0 Å². The maximum absolute atomic E-state index is 10.7. The zero-order chi connectivity index (χ0) is 14.3. The second-order valence-corrected chi connectivity index (χ2v) is 6.02. The molecule has 0 amide bonds. The SMILES string of the molecule is CC(C)CNC1CC(CCO)CN(CCC(=O)O)C1. The van der Waals surface area contributed by atoms with Gasteiger partial charge < -0.3 is 20.4 Å². The summed E-state index contributed by atoms with van der Waals surface area (Å²) in [6.45, 7) is 8.01. The number of hydrogen-bond acceptors (Lipinski definition) is 4. The lowest BCUT2D eigenvalue weighted by atomic mass is 9.91. The molecule has 1 heterocycles. The molecule has 1 aliphatic heterocycles. The highest BCUT2D eigenvalue weighted by molar-refractivity contribution is 5.66. The zero-order valence-electron chi connectivity index (χ0n) is 12.1. The minimum Gasteiger partial charge on any atom is -0.481 e. The van der Waals surface area contributed by atoms with Crippen molar-refractivity contribution in [2.24, 2.45) is 11.8 Å². The van der Waals surface area contributed by atoms with E-state index in [2.05, 4.69) is 24.1 Å². The topological polar surface area (TPSA) is 72.8 Å². The van der Waals surface area contributed by atoms with Crippen molar-refractivity contribution in [2.45, 2.75) is 39.2 Å². The first-order chi connectivity index (χ1) is 9.01.